The van der Waals surface area contributed by atoms with Crippen molar-refractivity contribution in [2.75, 3.05) is 0 Å². The fourth-order valence-electron chi connectivity index (χ4n) is 5.40. The van der Waals surface area contributed by atoms with Crippen LogP contribution in [0.1, 0.15) is 69.8 Å². The Kier molecular flexibility index (Phi) is 8.80. The largest absolute Gasteiger partial charge is 0.241 e. The minimum Gasteiger partial charge on any atom is -0.241 e. The Morgan fingerprint density at radius 1 is 0.949 bits per heavy atom. The van der Waals surface area contributed by atoms with E-state index < -0.39 is 0 Å². The van der Waals surface area contributed by atoms with Crippen LogP contribution in [0.15, 0.2) is 55.1 Å². The van der Waals surface area contributed by atoms with Crippen molar-refractivity contribution in [2.45, 2.75) is 66.7 Å². The highest BCUT2D eigenvalue weighted by Gasteiger charge is 2.18. The molecule has 0 fully saturated rings. The second kappa shape index (κ2) is 12.2. The van der Waals surface area contributed by atoms with Gasteiger partial charge in [0.15, 0.2) is 0 Å². The molecule has 4 rings (SSSR count). The summed E-state index contributed by atoms with van der Waals surface area (Å²) in [6.45, 7) is 15.2. The summed E-state index contributed by atoms with van der Waals surface area (Å²) in [7, 11) is 0. The van der Waals surface area contributed by atoms with Crippen molar-refractivity contribution in [3.8, 4) is 33.8 Å². The maximum atomic E-state index is 9.81. The number of hydrogen-bond acceptors (Lipinski definition) is 4. The Hall–Kier alpha value is -3.99. The Labute approximate surface area is 237 Å². The SMILES string of the molecule is C=C(Cc1c(C)cc(CC#N)cc1C#N)c1cccc(-c2cccc(-c3nc(CCC)c(CC)s3)c2C)c1C. The number of nitriles is 2. The average molecular weight is 530 g/mol. The summed E-state index contributed by atoms with van der Waals surface area (Å²) in [5, 5.41) is 20.0. The van der Waals surface area contributed by atoms with Crippen LogP contribution < -0.4 is 0 Å². The number of aromatic nitrogens is 1. The van der Waals surface area contributed by atoms with Crippen LogP contribution in [-0.2, 0) is 25.7 Å². The van der Waals surface area contributed by atoms with Gasteiger partial charge in [0.05, 0.1) is 29.8 Å². The van der Waals surface area contributed by atoms with E-state index in [2.05, 4.69) is 82.8 Å². The van der Waals surface area contributed by atoms with E-state index >= 15 is 0 Å². The van der Waals surface area contributed by atoms with Crippen molar-refractivity contribution in [1.29, 1.82) is 10.5 Å². The van der Waals surface area contributed by atoms with Crippen molar-refractivity contribution >= 4 is 16.9 Å². The molecular weight excluding hydrogens is 494 g/mol. The molecule has 3 aromatic carbocycles. The Morgan fingerprint density at radius 3 is 2.31 bits per heavy atom. The number of nitrogens with zero attached hydrogens (tertiary/aromatic N) is 3. The zero-order valence-corrected chi connectivity index (χ0v) is 24.4. The third-order valence-corrected chi connectivity index (χ3v) is 8.76. The van der Waals surface area contributed by atoms with Crippen molar-refractivity contribution in [3.63, 3.8) is 0 Å². The first kappa shape index (κ1) is 28.0. The molecule has 4 aromatic rings. The zero-order chi connectivity index (χ0) is 28.1. The first-order chi connectivity index (χ1) is 18.8. The highest BCUT2D eigenvalue weighted by Crippen LogP contribution is 2.38. The molecule has 0 saturated heterocycles. The van der Waals surface area contributed by atoms with Gasteiger partial charge in [0.2, 0.25) is 0 Å². The molecule has 0 atom stereocenters. The molecule has 39 heavy (non-hydrogen) atoms. The van der Waals surface area contributed by atoms with Gasteiger partial charge in [0.25, 0.3) is 0 Å². The molecule has 196 valence electrons. The van der Waals surface area contributed by atoms with Crippen LogP contribution in [0.3, 0.4) is 0 Å². The lowest BCUT2D eigenvalue weighted by Gasteiger charge is -2.18. The fraction of sp³-hybridized carbons (Fsp3) is 0.286. The van der Waals surface area contributed by atoms with Gasteiger partial charge in [-0.15, -0.1) is 11.3 Å². The average Bonchev–Trinajstić information content (AvgIpc) is 3.33. The van der Waals surface area contributed by atoms with Gasteiger partial charge in [-0.1, -0.05) is 69.3 Å². The normalized spacial score (nSPS) is 10.7. The van der Waals surface area contributed by atoms with Gasteiger partial charge in [0, 0.05) is 10.4 Å². The Bertz CT molecular complexity index is 1630. The van der Waals surface area contributed by atoms with E-state index in [1.54, 1.807) is 0 Å². The number of aryl methyl sites for hydroxylation is 3. The predicted molar refractivity (Wildman–Crippen MR) is 164 cm³/mol. The molecule has 0 aliphatic carbocycles. The number of rotatable bonds is 9. The lowest BCUT2D eigenvalue weighted by Crippen LogP contribution is -2.01. The topological polar surface area (TPSA) is 60.5 Å². The molecule has 0 unspecified atom stereocenters. The molecule has 4 heteroatoms. The molecule has 0 bridgehead atoms. The minimum atomic E-state index is 0.303. The van der Waals surface area contributed by atoms with Crippen molar-refractivity contribution < 1.29 is 0 Å². The smallest absolute Gasteiger partial charge is 0.124 e. The zero-order valence-electron chi connectivity index (χ0n) is 23.6. The number of benzene rings is 3. The number of hydrogen-bond donors (Lipinski definition) is 0. The van der Waals surface area contributed by atoms with Crippen molar-refractivity contribution in [3.05, 3.63) is 105 Å². The van der Waals surface area contributed by atoms with Crippen LogP contribution >= 0.6 is 11.3 Å². The standard InChI is InChI=1S/C35H35N3S/c1-7-11-33-34(8-2)39-35(38-33)31-15-10-14-30(25(31)6)29-13-9-12-28(24(29)5)23(4)19-32-22(3)18-26(16-17-36)20-27(32)21-37/h9-10,12-15,18,20H,4,7-8,11,16,19H2,1-3,5-6H3. The van der Waals surface area contributed by atoms with Gasteiger partial charge < -0.3 is 0 Å². The third-order valence-electron chi connectivity index (χ3n) is 7.48. The minimum absolute atomic E-state index is 0.303. The summed E-state index contributed by atoms with van der Waals surface area (Å²) in [6, 6.07) is 21.3. The summed E-state index contributed by atoms with van der Waals surface area (Å²) in [5.41, 5.74) is 12.8. The first-order valence-corrected chi connectivity index (χ1v) is 14.4. The fourth-order valence-corrected chi connectivity index (χ4v) is 6.53. The van der Waals surface area contributed by atoms with E-state index in [0.29, 0.717) is 18.4 Å². The van der Waals surface area contributed by atoms with E-state index in [9.17, 15) is 5.26 Å². The van der Waals surface area contributed by atoms with Crippen LogP contribution in [0.4, 0.5) is 0 Å². The van der Waals surface area contributed by atoms with Gasteiger partial charge in [-0.3, -0.25) is 0 Å². The maximum absolute atomic E-state index is 9.81. The van der Waals surface area contributed by atoms with E-state index in [1.807, 2.05) is 30.4 Å². The van der Waals surface area contributed by atoms with Gasteiger partial charge in [-0.25, -0.2) is 4.98 Å². The molecule has 0 radical (unpaired) electrons. The molecule has 3 nitrogen and oxygen atoms in total. The molecule has 0 aliphatic rings. The summed E-state index contributed by atoms with van der Waals surface area (Å²) in [4.78, 5) is 6.44. The molecular formula is C35H35N3S. The van der Waals surface area contributed by atoms with Crippen LogP contribution in [0.2, 0.25) is 0 Å². The third kappa shape index (κ3) is 5.73. The summed E-state index contributed by atoms with van der Waals surface area (Å²) in [5.74, 6) is 0. The maximum Gasteiger partial charge on any atom is 0.124 e. The quantitative estimate of drug-likeness (QED) is 0.217. The van der Waals surface area contributed by atoms with Crippen LogP contribution in [0.5, 0.6) is 0 Å². The number of allylic oxidation sites excluding steroid dienone is 1. The van der Waals surface area contributed by atoms with Crippen molar-refractivity contribution in [2.24, 2.45) is 0 Å². The van der Waals surface area contributed by atoms with Crippen LogP contribution in [-0.4, -0.2) is 4.98 Å². The second-order valence-corrected chi connectivity index (χ2v) is 11.2. The Balaban J connectivity index is 1.72. The Morgan fingerprint density at radius 2 is 1.64 bits per heavy atom. The lowest BCUT2D eigenvalue weighted by atomic mass is 9.86. The van der Waals surface area contributed by atoms with E-state index in [4.69, 9.17) is 10.2 Å². The van der Waals surface area contributed by atoms with E-state index in [1.165, 1.54) is 38.4 Å². The summed E-state index contributed by atoms with van der Waals surface area (Å²) in [6.07, 6.45) is 4.03. The summed E-state index contributed by atoms with van der Waals surface area (Å²) < 4.78 is 0. The summed E-state index contributed by atoms with van der Waals surface area (Å²) >= 11 is 1.82. The van der Waals surface area contributed by atoms with Gasteiger partial charge in [-0.2, -0.15) is 10.5 Å². The highest BCUT2D eigenvalue weighted by molar-refractivity contribution is 7.15. The predicted octanol–water partition coefficient (Wildman–Crippen LogP) is 9.11. The van der Waals surface area contributed by atoms with Gasteiger partial charge in [0.1, 0.15) is 5.01 Å². The molecule has 0 amide bonds. The molecule has 0 spiro atoms. The molecule has 0 N–H and O–H groups in total. The molecule has 1 heterocycles. The van der Waals surface area contributed by atoms with Crippen LogP contribution in [0.25, 0.3) is 27.3 Å². The highest BCUT2D eigenvalue weighted by atomic mass is 32.1. The molecule has 0 saturated carbocycles. The van der Waals surface area contributed by atoms with Gasteiger partial charge >= 0.3 is 0 Å². The van der Waals surface area contributed by atoms with Crippen LogP contribution in [0, 0.1) is 43.4 Å². The number of thiazole rings is 1. The molecule has 1 aromatic heterocycles. The second-order valence-electron chi connectivity index (χ2n) is 10.1. The van der Waals surface area contributed by atoms with E-state index in [-0.39, 0.29) is 0 Å². The molecule has 0 aliphatic heterocycles. The lowest BCUT2D eigenvalue weighted by molar-refractivity contribution is 0.876. The van der Waals surface area contributed by atoms with Gasteiger partial charge in [-0.05, 0) is 96.2 Å². The first-order valence-electron chi connectivity index (χ1n) is 13.6. The monoisotopic (exact) mass is 529 g/mol. The van der Waals surface area contributed by atoms with Crippen molar-refractivity contribution in [1.82, 2.24) is 4.98 Å². The van der Waals surface area contributed by atoms with E-state index in [0.717, 1.165) is 52.1 Å².